The Hall–Kier alpha value is -2.53. The van der Waals surface area contributed by atoms with Gasteiger partial charge in [-0.25, -0.2) is 0 Å². The van der Waals surface area contributed by atoms with Gasteiger partial charge < -0.3 is 0 Å². The van der Waals surface area contributed by atoms with Crippen LogP contribution in [0.15, 0.2) is 49.1 Å². The van der Waals surface area contributed by atoms with E-state index in [1.54, 1.807) is 29.5 Å². The van der Waals surface area contributed by atoms with Crippen molar-refractivity contribution in [3.63, 3.8) is 0 Å². The van der Waals surface area contributed by atoms with Crippen molar-refractivity contribution < 1.29 is 4.79 Å². The summed E-state index contributed by atoms with van der Waals surface area (Å²) >= 11 is 5.86. The summed E-state index contributed by atoms with van der Waals surface area (Å²) < 4.78 is 1.71. The minimum atomic E-state index is 0.490. The molecular formula is C15H11ClN4O. The fourth-order valence-corrected chi connectivity index (χ4v) is 2.13. The zero-order valence-electron chi connectivity index (χ0n) is 11.0. The smallest absolute Gasteiger partial charge is 0.153 e. The first-order valence-corrected chi connectivity index (χ1v) is 6.67. The first kappa shape index (κ1) is 13.5. The third-order valence-electron chi connectivity index (χ3n) is 2.98. The van der Waals surface area contributed by atoms with Crippen molar-refractivity contribution in [3.8, 4) is 11.4 Å². The molecular weight excluding hydrogens is 288 g/mol. The van der Waals surface area contributed by atoms with Gasteiger partial charge in [-0.1, -0.05) is 23.7 Å². The molecule has 3 rings (SSSR count). The molecule has 2 heterocycles. The molecule has 0 unspecified atom stereocenters. The van der Waals surface area contributed by atoms with Crippen LogP contribution in [-0.2, 0) is 6.54 Å². The van der Waals surface area contributed by atoms with E-state index in [1.807, 2.05) is 24.3 Å². The quantitative estimate of drug-likeness (QED) is 0.695. The molecule has 5 nitrogen and oxygen atoms in total. The first-order valence-electron chi connectivity index (χ1n) is 6.30. The molecule has 0 fully saturated rings. The van der Waals surface area contributed by atoms with Crippen molar-refractivity contribution in [1.82, 2.24) is 19.7 Å². The van der Waals surface area contributed by atoms with E-state index >= 15 is 0 Å². The number of rotatable bonds is 4. The van der Waals surface area contributed by atoms with Crippen LogP contribution < -0.4 is 0 Å². The molecule has 0 aliphatic heterocycles. The minimum absolute atomic E-state index is 0.490. The lowest BCUT2D eigenvalue weighted by molar-refractivity contribution is 0.112. The summed E-state index contributed by atoms with van der Waals surface area (Å²) in [6, 6.07) is 7.49. The SMILES string of the molecule is O=Cc1cn(Cc2ccc(Cl)cc2)nc1-c1cnccn1. The predicted molar refractivity (Wildman–Crippen MR) is 79.2 cm³/mol. The summed E-state index contributed by atoms with van der Waals surface area (Å²) in [5.41, 5.74) is 2.65. The number of carbonyl (C=O) groups excluding carboxylic acids is 1. The third kappa shape index (κ3) is 2.98. The number of halogens is 1. The number of hydrogen-bond donors (Lipinski definition) is 0. The van der Waals surface area contributed by atoms with Crippen molar-refractivity contribution in [3.05, 3.63) is 65.2 Å². The van der Waals surface area contributed by atoms with E-state index in [1.165, 1.54) is 0 Å². The standard InChI is InChI=1S/C15H11ClN4O/c16-13-3-1-11(2-4-13)8-20-9-12(10-21)15(19-20)14-7-17-5-6-18-14/h1-7,9-10H,8H2. The minimum Gasteiger partial charge on any atom is -0.298 e. The lowest BCUT2D eigenvalue weighted by Crippen LogP contribution is -2.00. The topological polar surface area (TPSA) is 60.7 Å². The van der Waals surface area contributed by atoms with Crippen LogP contribution in [0.3, 0.4) is 0 Å². The second-order valence-corrected chi connectivity index (χ2v) is 4.90. The zero-order valence-corrected chi connectivity index (χ0v) is 11.7. The van der Waals surface area contributed by atoms with E-state index in [-0.39, 0.29) is 0 Å². The third-order valence-corrected chi connectivity index (χ3v) is 3.23. The Morgan fingerprint density at radius 3 is 2.67 bits per heavy atom. The monoisotopic (exact) mass is 298 g/mol. The lowest BCUT2D eigenvalue weighted by Gasteiger charge is -2.01. The molecule has 0 aliphatic rings. The average Bonchev–Trinajstić information content (AvgIpc) is 2.93. The molecule has 21 heavy (non-hydrogen) atoms. The van der Waals surface area contributed by atoms with E-state index in [0.717, 1.165) is 11.8 Å². The fraction of sp³-hybridized carbons (Fsp3) is 0.0667. The van der Waals surface area contributed by atoms with E-state index in [4.69, 9.17) is 11.6 Å². The van der Waals surface area contributed by atoms with Crippen LogP contribution in [0, 0.1) is 0 Å². The van der Waals surface area contributed by atoms with Crippen molar-refractivity contribution in [2.75, 3.05) is 0 Å². The van der Waals surface area contributed by atoms with Crippen LogP contribution in [0.2, 0.25) is 5.02 Å². The van der Waals surface area contributed by atoms with Crippen molar-refractivity contribution in [2.24, 2.45) is 0 Å². The van der Waals surface area contributed by atoms with Gasteiger partial charge in [0, 0.05) is 23.6 Å². The molecule has 6 heteroatoms. The molecule has 0 saturated carbocycles. The van der Waals surface area contributed by atoms with E-state index in [2.05, 4.69) is 15.1 Å². The van der Waals surface area contributed by atoms with Crippen molar-refractivity contribution in [2.45, 2.75) is 6.54 Å². The highest BCUT2D eigenvalue weighted by atomic mass is 35.5. The Labute approximate surface area is 126 Å². The highest BCUT2D eigenvalue weighted by molar-refractivity contribution is 6.30. The second-order valence-electron chi connectivity index (χ2n) is 4.47. The van der Waals surface area contributed by atoms with Gasteiger partial charge in [0.2, 0.25) is 0 Å². The van der Waals surface area contributed by atoms with Gasteiger partial charge in [-0.3, -0.25) is 19.4 Å². The van der Waals surface area contributed by atoms with Gasteiger partial charge in [0.15, 0.2) is 6.29 Å². The summed E-state index contributed by atoms with van der Waals surface area (Å²) in [6.07, 6.45) is 7.21. The normalized spacial score (nSPS) is 10.5. The van der Waals surface area contributed by atoms with Crippen LogP contribution in [0.1, 0.15) is 15.9 Å². The molecule has 104 valence electrons. The number of nitrogens with zero attached hydrogens (tertiary/aromatic N) is 4. The molecule has 0 N–H and O–H groups in total. The molecule has 3 aromatic rings. The maximum atomic E-state index is 11.2. The molecule has 0 aliphatic carbocycles. The Balaban J connectivity index is 1.92. The molecule has 0 spiro atoms. The molecule has 0 radical (unpaired) electrons. The van der Waals surface area contributed by atoms with E-state index in [9.17, 15) is 4.79 Å². The second kappa shape index (κ2) is 5.85. The molecule has 0 amide bonds. The van der Waals surface area contributed by atoms with Crippen LogP contribution in [0.25, 0.3) is 11.4 Å². The molecule has 0 saturated heterocycles. The maximum Gasteiger partial charge on any atom is 0.153 e. The van der Waals surface area contributed by atoms with Gasteiger partial charge in [0.1, 0.15) is 11.4 Å². The van der Waals surface area contributed by atoms with Gasteiger partial charge in [-0.2, -0.15) is 5.10 Å². The van der Waals surface area contributed by atoms with Crippen LogP contribution in [-0.4, -0.2) is 26.0 Å². The maximum absolute atomic E-state index is 11.2. The number of aromatic nitrogens is 4. The summed E-state index contributed by atoms with van der Waals surface area (Å²) in [7, 11) is 0. The lowest BCUT2D eigenvalue weighted by atomic mass is 10.2. The number of benzene rings is 1. The molecule has 1 aromatic carbocycles. The highest BCUT2D eigenvalue weighted by Gasteiger charge is 2.12. The summed E-state index contributed by atoms with van der Waals surface area (Å²) in [5, 5.41) is 5.11. The summed E-state index contributed by atoms with van der Waals surface area (Å²) in [4.78, 5) is 19.4. The fourth-order valence-electron chi connectivity index (χ4n) is 2.00. The Morgan fingerprint density at radius 1 is 1.19 bits per heavy atom. The van der Waals surface area contributed by atoms with Gasteiger partial charge in [0.25, 0.3) is 0 Å². The number of aldehydes is 1. The van der Waals surface area contributed by atoms with Gasteiger partial charge >= 0.3 is 0 Å². The zero-order chi connectivity index (χ0) is 14.7. The van der Waals surface area contributed by atoms with Gasteiger partial charge in [-0.05, 0) is 17.7 Å². The van der Waals surface area contributed by atoms with E-state index < -0.39 is 0 Å². The summed E-state index contributed by atoms with van der Waals surface area (Å²) in [5.74, 6) is 0. The number of hydrogen-bond acceptors (Lipinski definition) is 4. The predicted octanol–water partition coefficient (Wildman–Crippen LogP) is 2.85. The molecule has 0 atom stereocenters. The van der Waals surface area contributed by atoms with Crippen molar-refractivity contribution >= 4 is 17.9 Å². The van der Waals surface area contributed by atoms with Gasteiger partial charge in [-0.15, -0.1) is 0 Å². The largest absolute Gasteiger partial charge is 0.298 e. The summed E-state index contributed by atoms with van der Waals surface area (Å²) in [6.45, 7) is 0.554. The molecule has 0 bridgehead atoms. The Bertz CT molecular complexity index is 753. The van der Waals surface area contributed by atoms with Gasteiger partial charge in [0.05, 0.1) is 18.3 Å². The average molecular weight is 299 g/mol. The Morgan fingerprint density at radius 2 is 2.00 bits per heavy atom. The highest BCUT2D eigenvalue weighted by Crippen LogP contribution is 2.18. The van der Waals surface area contributed by atoms with Crippen molar-refractivity contribution in [1.29, 1.82) is 0 Å². The Kier molecular flexibility index (Phi) is 3.75. The van der Waals surface area contributed by atoms with E-state index in [0.29, 0.717) is 28.5 Å². The molecule has 2 aromatic heterocycles. The first-order chi connectivity index (χ1) is 10.3. The van der Waals surface area contributed by atoms with Crippen LogP contribution in [0.5, 0.6) is 0 Å². The van der Waals surface area contributed by atoms with Crippen LogP contribution in [0.4, 0.5) is 0 Å². The van der Waals surface area contributed by atoms with Crippen LogP contribution >= 0.6 is 11.6 Å². The number of carbonyl (C=O) groups is 1.